The van der Waals surface area contributed by atoms with E-state index in [1.165, 1.54) is 16.3 Å². The summed E-state index contributed by atoms with van der Waals surface area (Å²) in [5.74, 6) is 0.193. The lowest BCUT2D eigenvalue weighted by atomic mass is 10.2. The molecular formula is C13H14N6OS. The number of nitrogens with zero attached hydrogens (tertiary/aromatic N) is 4. The number of nitrogens with two attached hydrogens (primary N) is 1. The van der Waals surface area contributed by atoms with Crippen LogP contribution in [0.2, 0.25) is 0 Å². The summed E-state index contributed by atoms with van der Waals surface area (Å²) in [6.45, 7) is 0.474. The predicted molar refractivity (Wildman–Crippen MR) is 79.1 cm³/mol. The molecule has 8 heteroatoms. The van der Waals surface area contributed by atoms with E-state index in [0.717, 1.165) is 5.56 Å². The Morgan fingerprint density at radius 2 is 2.14 bits per heavy atom. The fourth-order valence-electron chi connectivity index (χ4n) is 1.65. The maximum absolute atomic E-state index is 11.9. The maximum Gasteiger partial charge on any atom is 0.240 e. The van der Waals surface area contributed by atoms with Crippen LogP contribution in [-0.4, -0.2) is 26.4 Å². The van der Waals surface area contributed by atoms with Crippen molar-refractivity contribution in [1.82, 2.24) is 20.1 Å². The van der Waals surface area contributed by atoms with Gasteiger partial charge in [-0.05, 0) is 5.56 Å². The third-order valence-corrected chi connectivity index (χ3v) is 3.48. The number of nitrogen functional groups attached to an aromatic ring is 1. The van der Waals surface area contributed by atoms with Crippen LogP contribution in [-0.2, 0) is 17.9 Å². The number of benzene rings is 1. The van der Waals surface area contributed by atoms with Gasteiger partial charge in [0.25, 0.3) is 0 Å². The van der Waals surface area contributed by atoms with Gasteiger partial charge in [-0.2, -0.15) is 5.26 Å². The maximum atomic E-state index is 11.9. The van der Waals surface area contributed by atoms with Crippen LogP contribution in [0.1, 0.15) is 5.56 Å². The summed E-state index contributed by atoms with van der Waals surface area (Å²) in [6, 6.07) is 11.6. The van der Waals surface area contributed by atoms with Crippen LogP contribution < -0.4 is 11.1 Å². The molecule has 0 aliphatic heterocycles. The van der Waals surface area contributed by atoms with E-state index in [9.17, 15) is 4.79 Å². The average Bonchev–Trinajstić information content (AvgIpc) is 2.85. The molecule has 1 aromatic carbocycles. The van der Waals surface area contributed by atoms with Crippen molar-refractivity contribution in [2.75, 3.05) is 11.5 Å². The molecular weight excluding hydrogens is 288 g/mol. The molecule has 0 spiro atoms. The Morgan fingerprint density at radius 1 is 1.38 bits per heavy atom. The van der Waals surface area contributed by atoms with E-state index in [-0.39, 0.29) is 24.2 Å². The quantitative estimate of drug-likeness (QED) is 0.764. The Hall–Kier alpha value is -2.53. The highest BCUT2D eigenvalue weighted by Crippen LogP contribution is 2.17. The largest absolute Gasteiger partial charge is 0.368 e. The lowest BCUT2D eigenvalue weighted by molar-refractivity contribution is -0.121. The summed E-state index contributed by atoms with van der Waals surface area (Å²) < 4.78 is 1.49. The van der Waals surface area contributed by atoms with Crippen LogP contribution in [0.5, 0.6) is 0 Å². The van der Waals surface area contributed by atoms with E-state index < -0.39 is 0 Å². The molecule has 1 heterocycles. The van der Waals surface area contributed by atoms with Crippen LogP contribution >= 0.6 is 11.8 Å². The molecule has 1 aromatic heterocycles. The molecule has 1 amide bonds. The van der Waals surface area contributed by atoms with Crippen molar-refractivity contribution in [2.24, 2.45) is 0 Å². The van der Waals surface area contributed by atoms with Crippen LogP contribution in [0.3, 0.4) is 0 Å². The molecule has 0 unspecified atom stereocenters. The first-order valence-electron chi connectivity index (χ1n) is 6.19. The third kappa shape index (κ3) is 4.22. The van der Waals surface area contributed by atoms with Gasteiger partial charge in [0.15, 0.2) is 5.16 Å². The van der Waals surface area contributed by atoms with Gasteiger partial charge >= 0.3 is 0 Å². The number of aromatic nitrogens is 3. The Balaban J connectivity index is 1.93. The minimum Gasteiger partial charge on any atom is -0.368 e. The highest BCUT2D eigenvalue weighted by molar-refractivity contribution is 7.99. The minimum absolute atomic E-state index is 0.0272. The van der Waals surface area contributed by atoms with Gasteiger partial charge in [0.2, 0.25) is 11.9 Å². The molecule has 0 aliphatic carbocycles. The zero-order chi connectivity index (χ0) is 15.1. The van der Waals surface area contributed by atoms with Gasteiger partial charge < -0.3 is 11.1 Å². The number of thioether (sulfide) groups is 1. The first-order valence-corrected chi connectivity index (χ1v) is 7.18. The number of hydrogen-bond acceptors (Lipinski definition) is 6. The average molecular weight is 302 g/mol. The number of rotatable bonds is 6. The molecule has 2 aromatic rings. The fraction of sp³-hybridized carbons (Fsp3) is 0.231. The zero-order valence-electron chi connectivity index (χ0n) is 11.2. The number of carbonyl (C=O) groups excluding carboxylic acids is 1. The van der Waals surface area contributed by atoms with Crippen molar-refractivity contribution in [1.29, 1.82) is 5.26 Å². The molecule has 0 saturated heterocycles. The standard InChI is InChI=1S/C13H14N6OS/c14-6-7-21-13-18-17-12(15)19(13)9-11(20)16-8-10-4-2-1-3-5-10/h1-5H,7-9H2,(H2,15,17)(H,16,20). The van der Waals surface area contributed by atoms with Gasteiger partial charge in [0.05, 0.1) is 11.8 Å². The van der Waals surface area contributed by atoms with Crippen LogP contribution in [0, 0.1) is 11.3 Å². The molecule has 21 heavy (non-hydrogen) atoms. The second-order valence-electron chi connectivity index (χ2n) is 4.14. The molecule has 0 aliphatic rings. The lowest BCUT2D eigenvalue weighted by Gasteiger charge is -2.08. The highest BCUT2D eigenvalue weighted by Gasteiger charge is 2.13. The number of amides is 1. The number of carbonyl (C=O) groups is 1. The van der Waals surface area contributed by atoms with Gasteiger partial charge in [-0.15, -0.1) is 10.2 Å². The van der Waals surface area contributed by atoms with E-state index in [0.29, 0.717) is 11.7 Å². The summed E-state index contributed by atoms with van der Waals surface area (Å²) in [5, 5.41) is 19.4. The van der Waals surface area contributed by atoms with E-state index in [1.807, 2.05) is 36.4 Å². The fourth-order valence-corrected chi connectivity index (χ4v) is 2.25. The van der Waals surface area contributed by atoms with Crippen molar-refractivity contribution < 1.29 is 4.79 Å². The second kappa shape index (κ2) is 7.31. The van der Waals surface area contributed by atoms with Crippen LogP contribution in [0.15, 0.2) is 35.5 Å². The summed E-state index contributed by atoms with van der Waals surface area (Å²) in [4.78, 5) is 11.9. The SMILES string of the molecule is N#CCSc1nnc(N)n1CC(=O)NCc1ccccc1. The smallest absolute Gasteiger partial charge is 0.240 e. The topological polar surface area (TPSA) is 110 Å². The van der Waals surface area contributed by atoms with Crippen molar-refractivity contribution >= 4 is 23.6 Å². The molecule has 0 bridgehead atoms. The van der Waals surface area contributed by atoms with Crippen molar-refractivity contribution in [3.8, 4) is 6.07 Å². The van der Waals surface area contributed by atoms with Gasteiger partial charge in [-0.1, -0.05) is 42.1 Å². The molecule has 0 atom stereocenters. The normalized spacial score (nSPS) is 10.0. The number of anilines is 1. The second-order valence-corrected chi connectivity index (χ2v) is 5.08. The van der Waals surface area contributed by atoms with E-state index in [4.69, 9.17) is 11.0 Å². The molecule has 0 radical (unpaired) electrons. The number of hydrogen-bond donors (Lipinski definition) is 2. The summed E-state index contributed by atoms with van der Waals surface area (Å²) in [6.07, 6.45) is 0. The molecule has 0 saturated carbocycles. The first kappa shape index (κ1) is 14.9. The summed E-state index contributed by atoms with van der Waals surface area (Å²) >= 11 is 1.19. The third-order valence-electron chi connectivity index (χ3n) is 2.65. The Bertz CT molecular complexity index is 648. The highest BCUT2D eigenvalue weighted by atomic mass is 32.2. The van der Waals surface area contributed by atoms with Gasteiger partial charge in [0.1, 0.15) is 6.54 Å². The first-order chi connectivity index (χ1) is 10.2. The number of nitrogens with one attached hydrogen (secondary N) is 1. The van der Waals surface area contributed by atoms with E-state index in [2.05, 4.69) is 15.5 Å². The lowest BCUT2D eigenvalue weighted by Crippen LogP contribution is -2.27. The Kier molecular flexibility index (Phi) is 5.17. The Morgan fingerprint density at radius 3 is 2.86 bits per heavy atom. The van der Waals surface area contributed by atoms with E-state index in [1.54, 1.807) is 0 Å². The molecule has 2 rings (SSSR count). The molecule has 0 fully saturated rings. The summed E-state index contributed by atoms with van der Waals surface area (Å²) in [5.41, 5.74) is 6.70. The van der Waals surface area contributed by atoms with Crippen molar-refractivity contribution in [3.05, 3.63) is 35.9 Å². The van der Waals surface area contributed by atoms with Crippen LogP contribution in [0.25, 0.3) is 0 Å². The molecule has 3 N–H and O–H groups in total. The van der Waals surface area contributed by atoms with Crippen molar-refractivity contribution in [3.63, 3.8) is 0 Å². The zero-order valence-corrected chi connectivity index (χ0v) is 12.0. The monoisotopic (exact) mass is 302 g/mol. The van der Waals surface area contributed by atoms with Gasteiger partial charge in [-0.3, -0.25) is 9.36 Å². The Labute approximate surface area is 126 Å². The van der Waals surface area contributed by atoms with Gasteiger partial charge in [-0.25, -0.2) is 0 Å². The molecule has 108 valence electrons. The van der Waals surface area contributed by atoms with Crippen molar-refractivity contribution in [2.45, 2.75) is 18.2 Å². The van der Waals surface area contributed by atoms with Crippen LogP contribution in [0.4, 0.5) is 5.95 Å². The predicted octanol–water partition coefficient (Wildman–Crippen LogP) is 0.792. The van der Waals surface area contributed by atoms with Gasteiger partial charge in [0, 0.05) is 6.54 Å². The summed E-state index contributed by atoms with van der Waals surface area (Å²) in [7, 11) is 0. The number of nitriles is 1. The van der Waals surface area contributed by atoms with E-state index >= 15 is 0 Å². The molecule has 7 nitrogen and oxygen atoms in total. The minimum atomic E-state index is -0.191.